The zero-order valence-corrected chi connectivity index (χ0v) is 19.6. The van der Waals surface area contributed by atoms with Crippen LogP contribution in [0.5, 0.6) is 0 Å². The van der Waals surface area contributed by atoms with E-state index in [4.69, 9.17) is 4.74 Å². The van der Waals surface area contributed by atoms with Crippen molar-refractivity contribution in [1.82, 2.24) is 14.7 Å². The van der Waals surface area contributed by atoms with Crippen LogP contribution in [0.2, 0.25) is 0 Å². The SMILES string of the molecule is Cc1c(/C([O-])=C2\C(=O)C(=O)N(CC[NH+]3CCOCC3)C2c2ccccc2)cnn1-c1ccccc1. The van der Waals surface area contributed by atoms with Crippen molar-refractivity contribution in [2.75, 3.05) is 39.4 Å². The van der Waals surface area contributed by atoms with E-state index in [9.17, 15) is 14.7 Å². The Labute approximate surface area is 204 Å². The number of rotatable bonds is 6. The predicted octanol–water partition coefficient (Wildman–Crippen LogP) is 0.320. The summed E-state index contributed by atoms with van der Waals surface area (Å²) >= 11 is 0. The summed E-state index contributed by atoms with van der Waals surface area (Å²) in [6, 6.07) is 18.1. The number of carbonyl (C=O) groups excluding carboxylic acids is 2. The third-order valence-corrected chi connectivity index (χ3v) is 6.81. The van der Waals surface area contributed by atoms with Crippen molar-refractivity contribution in [3.8, 4) is 5.69 Å². The molecule has 8 nitrogen and oxygen atoms in total. The number of ketones is 1. The number of nitrogens with one attached hydrogen (secondary N) is 1. The van der Waals surface area contributed by atoms with Gasteiger partial charge in [-0.2, -0.15) is 5.10 Å². The van der Waals surface area contributed by atoms with Crippen molar-refractivity contribution in [3.05, 3.63) is 89.3 Å². The van der Waals surface area contributed by atoms with E-state index in [0.29, 0.717) is 37.6 Å². The molecule has 1 aromatic heterocycles. The highest BCUT2D eigenvalue weighted by atomic mass is 16.5. The average Bonchev–Trinajstić information content (AvgIpc) is 3.41. The summed E-state index contributed by atoms with van der Waals surface area (Å²) in [5.74, 6) is -1.80. The normalized spacial score (nSPS) is 20.5. The van der Waals surface area contributed by atoms with Crippen LogP contribution >= 0.6 is 0 Å². The van der Waals surface area contributed by atoms with Gasteiger partial charge in [0.05, 0.1) is 44.2 Å². The van der Waals surface area contributed by atoms with Gasteiger partial charge in [-0.1, -0.05) is 54.3 Å². The number of hydrogen-bond donors (Lipinski definition) is 1. The lowest BCUT2D eigenvalue weighted by atomic mass is 9.95. The Morgan fingerprint density at radius 3 is 2.40 bits per heavy atom. The fourth-order valence-electron chi connectivity index (χ4n) is 4.88. The summed E-state index contributed by atoms with van der Waals surface area (Å²) in [4.78, 5) is 29.3. The van der Waals surface area contributed by atoms with Gasteiger partial charge >= 0.3 is 0 Å². The second-order valence-corrected chi connectivity index (χ2v) is 8.89. The van der Waals surface area contributed by atoms with Gasteiger partial charge in [0.2, 0.25) is 5.78 Å². The highest BCUT2D eigenvalue weighted by molar-refractivity contribution is 6.46. The van der Waals surface area contributed by atoms with E-state index in [1.807, 2.05) is 60.7 Å². The van der Waals surface area contributed by atoms with E-state index < -0.39 is 23.5 Å². The maximum Gasteiger partial charge on any atom is 0.295 e. The van der Waals surface area contributed by atoms with Crippen LogP contribution in [0.25, 0.3) is 11.4 Å². The Kier molecular flexibility index (Phi) is 6.48. The number of carbonyl (C=O) groups is 2. The first-order chi connectivity index (χ1) is 17.1. The topological polar surface area (TPSA) is 91.9 Å². The van der Waals surface area contributed by atoms with Crippen LogP contribution in [0.15, 0.2) is 72.4 Å². The molecule has 1 N–H and O–H groups in total. The smallest absolute Gasteiger partial charge is 0.295 e. The summed E-state index contributed by atoms with van der Waals surface area (Å²) in [5.41, 5.74) is 2.51. The number of morpholine rings is 1. The third kappa shape index (κ3) is 4.38. The van der Waals surface area contributed by atoms with Crippen molar-refractivity contribution in [2.24, 2.45) is 0 Å². The molecule has 8 heteroatoms. The Morgan fingerprint density at radius 1 is 1.06 bits per heavy atom. The molecule has 3 heterocycles. The molecule has 0 radical (unpaired) electrons. The highest BCUT2D eigenvalue weighted by Crippen LogP contribution is 2.38. The first-order valence-corrected chi connectivity index (χ1v) is 11.9. The number of quaternary nitrogens is 1. The first kappa shape index (κ1) is 23.0. The van der Waals surface area contributed by atoms with Gasteiger partial charge in [-0.05, 0) is 24.6 Å². The number of hydrogen-bond acceptors (Lipinski definition) is 5. The minimum Gasteiger partial charge on any atom is -0.872 e. The molecule has 2 saturated heterocycles. The first-order valence-electron chi connectivity index (χ1n) is 11.9. The molecular weight excluding hydrogens is 444 g/mol. The second kappa shape index (κ2) is 9.85. The van der Waals surface area contributed by atoms with Crippen molar-refractivity contribution < 1.29 is 24.3 Å². The van der Waals surface area contributed by atoms with Crippen LogP contribution < -0.4 is 10.0 Å². The van der Waals surface area contributed by atoms with Crippen molar-refractivity contribution in [3.63, 3.8) is 0 Å². The Morgan fingerprint density at radius 2 is 1.71 bits per heavy atom. The summed E-state index contributed by atoms with van der Waals surface area (Å²) in [7, 11) is 0. The largest absolute Gasteiger partial charge is 0.872 e. The number of likely N-dealkylation sites (tertiary alicyclic amines) is 1. The number of benzene rings is 2. The lowest BCUT2D eigenvalue weighted by Crippen LogP contribution is -3.14. The zero-order chi connectivity index (χ0) is 24.4. The number of ether oxygens (including phenoxy) is 1. The highest BCUT2D eigenvalue weighted by Gasteiger charge is 2.44. The number of amides is 1. The van der Waals surface area contributed by atoms with Gasteiger partial charge in [-0.25, -0.2) is 4.68 Å². The van der Waals surface area contributed by atoms with Gasteiger partial charge in [0, 0.05) is 16.8 Å². The molecule has 2 fully saturated rings. The van der Waals surface area contributed by atoms with Gasteiger partial charge in [-0.3, -0.25) is 9.59 Å². The number of nitrogens with zero attached hydrogens (tertiary/aromatic N) is 3. The van der Waals surface area contributed by atoms with Crippen LogP contribution in [-0.2, 0) is 14.3 Å². The van der Waals surface area contributed by atoms with Crippen molar-refractivity contribution in [2.45, 2.75) is 13.0 Å². The quantitative estimate of drug-likeness (QED) is 0.317. The molecule has 0 spiro atoms. The Hall–Kier alpha value is -3.75. The standard InChI is InChI=1S/C27H28N4O4/c1-19-22(18-28-31(19)21-10-6-3-7-11-21)25(32)23-24(20-8-4-2-5-9-20)30(27(34)26(23)33)13-12-29-14-16-35-17-15-29/h2-11,18,24,32H,12-17H2,1H3/b25-23+. The average molecular weight is 473 g/mol. The monoisotopic (exact) mass is 472 g/mol. The van der Waals surface area contributed by atoms with Crippen molar-refractivity contribution in [1.29, 1.82) is 0 Å². The lowest BCUT2D eigenvalue weighted by molar-refractivity contribution is -0.907. The molecule has 5 rings (SSSR count). The summed E-state index contributed by atoms with van der Waals surface area (Å²) in [6.45, 7) is 5.97. The van der Waals surface area contributed by atoms with Gasteiger partial charge in [-0.15, -0.1) is 0 Å². The summed E-state index contributed by atoms with van der Waals surface area (Å²) < 4.78 is 7.10. The van der Waals surface area contributed by atoms with Gasteiger partial charge in [0.15, 0.2) is 0 Å². The molecule has 3 aromatic rings. The number of aromatic nitrogens is 2. The fraction of sp³-hybridized carbons (Fsp3) is 0.296. The van der Waals surface area contributed by atoms with E-state index in [-0.39, 0.29) is 5.57 Å². The summed E-state index contributed by atoms with van der Waals surface area (Å²) in [5, 5.41) is 18.2. The molecule has 1 unspecified atom stereocenters. The van der Waals surface area contributed by atoms with E-state index in [0.717, 1.165) is 24.3 Å². The molecule has 2 aliphatic heterocycles. The van der Waals surface area contributed by atoms with E-state index >= 15 is 0 Å². The molecule has 180 valence electrons. The minimum atomic E-state index is -0.729. The summed E-state index contributed by atoms with van der Waals surface area (Å²) in [6.07, 6.45) is 1.48. The van der Waals surface area contributed by atoms with E-state index in [1.54, 1.807) is 16.5 Å². The number of para-hydroxylation sites is 1. The lowest BCUT2D eigenvalue weighted by Gasteiger charge is -2.30. The molecule has 35 heavy (non-hydrogen) atoms. The molecule has 1 amide bonds. The third-order valence-electron chi connectivity index (χ3n) is 6.81. The molecule has 0 aliphatic carbocycles. The van der Waals surface area contributed by atoms with Gasteiger partial charge < -0.3 is 19.6 Å². The minimum absolute atomic E-state index is 0.00566. The van der Waals surface area contributed by atoms with Gasteiger partial charge in [0.1, 0.15) is 13.1 Å². The molecule has 1 atom stereocenters. The maximum absolute atomic E-state index is 13.8. The molecule has 2 aromatic carbocycles. The van der Waals surface area contributed by atoms with Crippen LogP contribution in [0.1, 0.15) is 22.9 Å². The number of Topliss-reactive ketones (excluding diaryl/α,β-unsaturated/α-hetero) is 1. The molecular formula is C27H28N4O4. The molecule has 2 aliphatic rings. The van der Waals surface area contributed by atoms with Crippen LogP contribution in [0.3, 0.4) is 0 Å². The Balaban J connectivity index is 1.54. The van der Waals surface area contributed by atoms with Gasteiger partial charge in [0.25, 0.3) is 5.91 Å². The van der Waals surface area contributed by atoms with Crippen LogP contribution in [-0.4, -0.2) is 65.8 Å². The van der Waals surface area contributed by atoms with Crippen molar-refractivity contribution >= 4 is 17.4 Å². The fourth-order valence-corrected chi connectivity index (χ4v) is 4.88. The van der Waals surface area contributed by atoms with E-state index in [2.05, 4.69) is 5.10 Å². The second-order valence-electron chi connectivity index (χ2n) is 8.89. The molecule has 0 bridgehead atoms. The van der Waals surface area contributed by atoms with E-state index in [1.165, 1.54) is 11.1 Å². The Bertz CT molecular complexity index is 1250. The predicted molar refractivity (Wildman–Crippen MR) is 128 cm³/mol. The maximum atomic E-state index is 13.8. The molecule has 0 saturated carbocycles. The zero-order valence-electron chi connectivity index (χ0n) is 19.6. The van der Waals surface area contributed by atoms with Crippen LogP contribution in [0, 0.1) is 6.92 Å². The van der Waals surface area contributed by atoms with Crippen LogP contribution in [0.4, 0.5) is 0 Å².